The van der Waals surface area contributed by atoms with Crippen molar-refractivity contribution < 1.29 is 9.90 Å². The Kier molecular flexibility index (Phi) is 7.03. The molecule has 0 bridgehead atoms. The summed E-state index contributed by atoms with van der Waals surface area (Å²) in [6.45, 7) is 0. The van der Waals surface area contributed by atoms with Gasteiger partial charge in [0.25, 0.3) is 0 Å². The average Bonchev–Trinajstić information content (AvgIpc) is 3.60. The third-order valence-electron chi connectivity index (χ3n) is 6.20. The van der Waals surface area contributed by atoms with Crippen molar-refractivity contribution in [1.29, 1.82) is 0 Å². The van der Waals surface area contributed by atoms with Crippen LogP contribution >= 0.6 is 101 Å². The number of thioether (sulfide) groups is 2. The lowest BCUT2D eigenvalue weighted by Crippen LogP contribution is -2.45. The number of amides is 1. The summed E-state index contributed by atoms with van der Waals surface area (Å²) >= 11 is 26.3. The zero-order valence-electron chi connectivity index (χ0n) is 17.5. The lowest BCUT2D eigenvalue weighted by Gasteiger charge is -2.31. The first-order valence-corrected chi connectivity index (χ1v) is 16.3. The van der Waals surface area contributed by atoms with Crippen LogP contribution in [0.4, 0.5) is 5.69 Å². The highest BCUT2D eigenvalue weighted by atomic mass is 79.9. The summed E-state index contributed by atoms with van der Waals surface area (Å²) in [4.78, 5) is 19.8. The number of para-hydroxylation sites is 1. The number of fused-ring (bicyclic) bond motifs is 3. The van der Waals surface area contributed by atoms with Gasteiger partial charge in [0.2, 0.25) is 5.91 Å². The Morgan fingerprint density at radius 3 is 2.00 bits per heavy atom. The van der Waals surface area contributed by atoms with Crippen LogP contribution in [0.25, 0.3) is 9.81 Å². The number of hydrogen-bond donors (Lipinski definition) is 1. The largest absolute Gasteiger partial charge is 0.372 e. The lowest BCUT2D eigenvalue weighted by molar-refractivity contribution is -0.122. The predicted molar refractivity (Wildman–Crippen MR) is 160 cm³/mol. The highest BCUT2D eigenvalue weighted by Gasteiger charge is 2.53. The van der Waals surface area contributed by atoms with Crippen LogP contribution in [0.1, 0.15) is 9.75 Å². The van der Waals surface area contributed by atoms with E-state index in [9.17, 15) is 9.90 Å². The number of rotatable bonds is 3. The standard InChI is InChI=1S/C24H15Br2Cl2NO2S4/c25-21-13(27)8-17(34-21)15-6-11-19(32-15)20-12(7-16(33-20)18-9-14(28)22(26)35-18)24(31)29(23(11)30)10-4-2-1-3-5-10/h1-9,11-12,19-20,23,30H. The molecule has 0 spiro atoms. The van der Waals surface area contributed by atoms with Gasteiger partial charge in [-0.1, -0.05) is 53.6 Å². The summed E-state index contributed by atoms with van der Waals surface area (Å²) < 4.78 is 1.77. The second kappa shape index (κ2) is 9.82. The molecule has 1 fully saturated rings. The molecule has 1 aromatic carbocycles. The van der Waals surface area contributed by atoms with Crippen molar-refractivity contribution in [3.8, 4) is 0 Å². The van der Waals surface area contributed by atoms with Crippen LogP contribution in [-0.2, 0) is 4.79 Å². The summed E-state index contributed by atoms with van der Waals surface area (Å²) in [5, 5.41) is 12.9. The summed E-state index contributed by atoms with van der Waals surface area (Å²) in [6, 6.07) is 13.4. The summed E-state index contributed by atoms with van der Waals surface area (Å²) in [5.41, 5.74) is 0.701. The normalized spacial score (nSPS) is 28.0. The fourth-order valence-corrected chi connectivity index (χ4v) is 11.5. The zero-order valence-corrected chi connectivity index (χ0v) is 25.5. The highest BCUT2D eigenvalue weighted by molar-refractivity contribution is 9.11. The van der Waals surface area contributed by atoms with E-state index < -0.39 is 6.23 Å². The van der Waals surface area contributed by atoms with E-state index in [1.54, 1.807) is 51.1 Å². The van der Waals surface area contributed by atoms with Crippen molar-refractivity contribution in [2.45, 2.75) is 16.7 Å². The molecule has 1 amide bonds. The summed E-state index contributed by atoms with van der Waals surface area (Å²) in [7, 11) is 0. The fourth-order valence-electron chi connectivity index (χ4n) is 4.62. The molecule has 3 aliphatic rings. The van der Waals surface area contributed by atoms with Crippen molar-refractivity contribution in [2.24, 2.45) is 11.8 Å². The number of hydrogen-bond acceptors (Lipinski definition) is 6. The van der Waals surface area contributed by atoms with E-state index in [2.05, 4.69) is 44.0 Å². The van der Waals surface area contributed by atoms with Gasteiger partial charge in [0.1, 0.15) is 6.23 Å². The van der Waals surface area contributed by atoms with Gasteiger partial charge in [-0.3, -0.25) is 9.69 Å². The summed E-state index contributed by atoms with van der Waals surface area (Å²) in [5.74, 6) is -0.670. The Labute approximate surface area is 245 Å². The Hall–Kier alpha value is -0.230. The van der Waals surface area contributed by atoms with Crippen molar-refractivity contribution in [3.63, 3.8) is 0 Å². The molecule has 3 aromatic rings. The van der Waals surface area contributed by atoms with E-state index in [0.29, 0.717) is 15.7 Å². The van der Waals surface area contributed by atoms with E-state index in [4.69, 9.17) is 23.2 Å². The molecule has 0 radical (unpaired) electrons. The molecule has 1 N–H and O–H groups in total. The van der Waals surface area contributed by atoms with E-state index >= 15 is 0 Å². The number of carbonyl (C=O) groups is 1. The maximum Gasteiger partial charge on any atom is 0.237 e. The Morgan fingerprint density at radius 2 is 1.43 bits per heavy atom. The van der Waals surface area contributed by atoms with Crippen LogP contribution in [0.2, 0.25) is 10.0 Å². The predicted octanol–water partition coefficient (Wildman–Crippen LogP) is 8.85. The zero-order chi connectivity index (χ0) is 24.4. The first kappa shape index (κ1) is 25.1. The van der Waals surface area contributed by atoms with Crippen LogP contribution in [0.15, 0.2) is 62.2 Å². The Morgan fingerprint density at radius 1 is 0.857 bits per heavy atom. The minimum Gasteiger partial charge on any atom is -0.372 e. The first-order valence-electron chi connectivity index (χ1n) is 10.6. The minimum absolute atomic E-state index is 0.0138. The SMILES string of the molecule is O=C1C2C=C(c3cc(Cl)c(Br)s3)SC2C2SC(c3cc(Cl)c(Br)s3)=CC2C(O)N1c1ccccc1. The van der Waals surface area contributed by atoms with Crippen LogP contribution < -0.4 is 4.90 Å². The molecule has 0 saturated carbocycles. The van der Waals surface area contributed by atoms with Crippen LogP contribution in [0.5, 0.6) is 0 Å². The van der Waals surface area contributed by atoms with Gasteiger partial charge in [-0.25, -0.2) is 0 Å². The van der Waals surface area contributed by atoms with Gasteiger partial charge < -0.3 is 5.11 Å². The Balaban J connectivity index is 1.44. The molecule has 2 aromatic heterocycles. The van der Waals surface area contributed by atoms with E-state index in [0.717, 1.165) is 27.1 Å². The number of aliphatic hydroxyl groups is 1. The average molecular weight is 708 g/mol. The first-order chi connectivity index (χ1) is 16.8. The molecule has 0 aliphatic carbocycles. The number of anilines is 1. The van der Waals surface area contributed by atoms with Crippen LogP contribution in [0, 0.1) is 11.8 Å². The number of carbonyl (C=O) groups excluding carboxylic acids is 1. The third kappa shape index (κ3) is 4.42. The van der Waals surface area contributed by atoms with Gasteiger partial charge in [0, 0.05) is 41.7 Å². The number of thiophene rings is 2. The van der Waals surface area contributed by atoms with Crippen molar-refractivity contribution in [3.05, 3.63) is 82.0 Å². The molecular formula is C24H15Br2Cl2NO2S4. The number of aliphatic hydroxyl groups excluding tert-OH is 1. The van der Waals surface area contributed by atoms with Gasteiger partial charge in [-0.05, 0) is 56.1 Å². The topological polar surface area (TPSA) is 40.5 Å². The maximum atomic E-state index is 13.9. The van der Waals surface area contributed by atoms with Gasteiger partial charge in [-0.15, -0.1) is 46.2 Å². The van der Waals surface area contributed by atoms with E-state index in [1.165, 1.54) is 0 Å². The van der Waals surface area contributed by atoms with Crippen LogP contribution in [0.3, 0.4) is 0 Å². The molecule has 5 unspecified atom stereocenters. The molecule has 180 valence electrons. The van der Waals surface area contributed by atoms with Gasteiger partial charge in [-0.2, -0.15) is 0 Å². The quantitative estimate of drug-likeness (QED) is 0.295. The second-order valence-corrected chi connectivity index (χ2v) is 16.2. The molecule has 11 heteroatoms. The molecule has 1 saturated heterocycles. The van der Waals surface area contributed by atoms with Crippen LogP contribution in [-0.4, -0.2) is 27.7 Å². The molecule has 35 heavy (non-hydrogen) atoms. The molecule has 3 aliphatic heterocycles. The minimum atomic E-state index is -0.966. The number of halogens is 4. The summed E-state index contributed by atoms with van der Waals surface area (Å²) in [6.07, 6.45) is 3.22. The number of benzene rings is 1. The third-order valence-corrected chi connectivity index (χ3v) is 14.6. The molecule has 5 heterocycles. The molecule has 3 nitrogen and oxygen atoms in total. The monoisotopic (exact) mass is 705 g/mol. The van der Waals surface area contributed by atoms with Crippen molar-refractivity contribution in [2.75, 3.05) is 4.90 Å². The van der Waals surface area contributed by atoms with E-state index in [1.807, 2.05) is 42.5 Å². The molecule has 5 atom stereocenters. The van der Waals surface area contributed by atoms with Crippen molar-refractivity contribution in [1.82, 2.24) is 0 Å². The maximum absolute atomic E-state index is 13.9. The fraction of sp³-hybridized carbons (Fsp3) is 0.208. The van der Waals surface area contributed by atoms with Crippen molar-refractivity contribution >= 4 is 123 Å². The highest BCUT2D eigenvalue weighted by Crippen LogP contribution is 2.58. The van der Waals surface area contributed by atoms with Gasteiger partial charge in [0.15, 0.2) is 0 Å². The number of nitrogens with zero attached hydrogens (tertiary/aromatic N) is 1. The smallest absolute Gasteiger partial charge is 0.237 e. The molecule has 6 rings (SSSR count). The lowest BCUT2D eigenvalue weighted by atomic mass is 9.95. The second-order valence-electron chi connectivity index (χ2n) is 8.25. The van der Waals surface area contributed by atoms with Gasteiger partial charge in [0.05, 0.1) is 23.5 Å². The van der Waals surface area contributed by atoms with E-state index in [-0.39, 0.29) is 28.2 Å². The van der Waals surface area contributed by atoms with Gasteiger partial charge >= 0.3 is 0 Å². The Bertz CT molecular complexity index is 1350. The molecular weight excluding hydrogens is 693 g/mol.